The zero-order valence-corrected chi connectivity index (χ0v) is 22.4. The van der Waals surface area contributed by atoms with Crippen LogP contribution in [0, 0.1) is 6.92 Å². The van der Waals surface area contributed by atoms with E-state index < -0.39 is 8.07 Å². The summed E-state index contributed by atoms with van der Waals surface area (Å²) in [4.78, 5) is 0. The molecule has 0 atom stereocenters. The van der Waals surface area contributed by atoms with Gasteiger partial charge in [-0.15, -0.1) is 0 Å². The molecule has 0 unspecified atom stereocenters. The van der Waals surface area contributed by atoms with E-state index in [4.69, 9.17) is 0 Å². The maximum Gasteiger partial charge on any atom is 0.220 e. The number of nitrogens with zero attached hydrogens (tertiary/aromatic N) is 1. The predicted octanol–water partition coefficient (Wildman–Crippen LogP) is 7.79. The minimum Gasteiger partial charge on any atom is -0.200 e. The summed E-state index contributed by atoms with van der Waals surface area (Å²) >= 11 is 0. The first-order chi connectivity index (χ1) is 15.2. The number of rotatable bonds is 5. The Kier molecular flexibility index (Phi) is 6.37. The van der Waals surface area contributed by atoms with Crippen molar-refractivity contribution in [1.29, 1.82) is 0 Å². The lowest BCUT2D eigenvalue weighted by Gasteiger charge is -2.42. The van der Waals surface area contributed by atoms with Gasteiger partial charge in [0.05, 0.1) is 13.5 Å². The maximum absolute atomic E-state index is 2.54. The summed E-state index contributed by atoms with van der Waals surface area (Å²) < 4.78 is 2.33. The average molecular weight is 445 g/mol. The van der Waals surface area contributed by atoms with Crippen molar-refractivity contribution in [2.45, 2.75) is 90.3 Å². The smallest absolute Gasteiger partial charge is 0.200 e. The number of hydrogen-bond acceptors (Lipinski definition) is 0. The minimum absolute atomic E-state index is 0.360. The van der Waals surface area contributed by atoms with Crippen molar-refractivity contribution in [3.8, 4) is 11.3 Å². The molecular formula is C30H42NSi+. The van der Waals surface area contributed by atoms with Crippen LogP contribution in [0.5, 0.6) is 0 Å². The molecule has 1 fully saturated rings. The van der Waals surface area contributed by atoms with Gasteiger partial charge >= 0.3 is 0 Å². The molecule has 0 bridgehead atoms. The second-order valence-electron chi connectivity index (χ2n) is 11.2. The van der Waals surface area contributed by atoms with Crippen LogP contribution in [0.3, 0.4) is 0 Å². The Balaban J connectivity index is 1.89. The molecule has 0 aliphatic heterocycles. The van der Waals surface area contributed by atoms with E-state index in [-0.39, 0.29) is 0 Å². The SMILES string of the molecule is CC[Si](CC)(c1ccc2c(-c3cc(C4CCCC4)ccc3C)[n+](C)ccc2c1)C(C)(C)C. The van der Waals surface area contributed by atoms with Crippen LogP contribution >= 0.6 is 0 Å². The van der Waals surface area contributed by atoms with E-state index in [0.29, 0.717) is 5.04 Å². The number of fused-ring (bicyclic) bond motifs is 1. The van der Waals surface area contributed by atoms with Crippen molar-refractivity contribution in [2.24, 2.45) is 7.05 Å². The van der Waals surface area contributed by atoms with E-state index in [1.807, 2.05) is 0 Å². The number of benzene rings is 2. The molecule has 170 valence electrons. The summed E-state index contributed by atoms with van der Waals surface area (Å²) in [6.07, 6.45) is 7.73. The Morgan fingerprint density at radius 3 is 2.25 bits per heavy atom. The van der Waals surface area contributed by atoms with Gasteiger partial charge in [0.15, 0.2) is 6.20 Å². The molecule has 2 aromatic carbocycles. The Hall–Kier alpha value is -1.93. The van der Waals surface area contributed by atoms with Gasteiger partial charge in [-0.3, -0.25) is 0 Å². The summed E-state index contributed by atoms with van der Waals surface area (Å²) in [5.74, 6) is 0.744. The summed E-state index contributed by atoms with van der Waals surface area (Å²) in [6.45, 7) is 14.5. The van der Waals surface area contributed by atoms with E-state index >= 15 is 0 Å². The monoisotopic (exact) mass is 444 g/mol. The second kappa shape index (κ2) is 8.78. The van der Waals surface area contributed by atoms with Gasteiger partial charge < -0.3 is 0 Å². The van der Waals surface area contributed by atoms with Crippen molar-refractivity contribution >= 4 is 24.0 Å². The Labute approximate surface area is 196 Å². The van der Waals surface area contributed by atoms with Gasteiger partial charge in [-0.25, -0.2) is 4.57 Å². The molecule has 0 amide bonds. The highest BCUT2D eigenvalue weighted by Crippen LogP contribution is 2.42. The van der Waals surface area contributed by atoms with Gasteiger partial charge in [0.1, 0.15) is 7.05 Å². The van der Waals surface area contributed by atoms with Gasteiger partial charge in [-0.05, 0) is 59.4 Å². The van der Waals surface area contributed by atoms with Crippen LogP contribution in [-0.2, 0) is 7.05 Å². The van der Waals surface area contributed by atoms with E-state index in [2.05, 4.69) is 102 Å². The third-order valence-electron chi connectivity index (χ3n) is 8.68. The van der Waals surface area contributed by atoms with Gasteiger partial charge in [-0.2, -0.15) is 0 Å². The predicted molar refractivity (Wildman–Crippen MR) is 143 cm³/mol. The van der Waals surface area contributed by atoms with Crippen LogP contribution in [0.2, 0.25) is 17.1 Å². The molecule has 1 saturated carbocycles. The molecule has 1 nitrogen and oxygen atoms in total. The summed E-state index contributed by atoms with van der Waals surface area (Å²) in [6, 6.07) is 19.6. The molecule has 1 aliphatic carbocycles. The lowest BCUT2D eigenvalue weighted by atomic mass is 9.91. The average Bonchev–Trinajstić information content (AvgIpc) is 3.30. The molecule has 1 aliphatic rings. The molecule has 0 spiro atoms. The van der Waals surface area contributed by atoms with Gasteiger partial charge in [-0.1, -0.05) is 89.0 Å². The Morgan fingerprint density at radius 1 is 0.938 bits per heavy atom. The van der Waals surface area contributed by atoms with Crippen molar-refractivity contribution < 1.29 is 4.57 Å². The van der Waals surface area contributed by atoms with E-state index in [0.717, 1.165) is 5.92 Å². The molecule has 1 aromatic heterocycles. The molecule has 1 heterocycles. The second-order valence-corrected chi connectivity index (χ2v) is 16.8. The number of aromatic nitrogens is 1. The molecule has 3 aromatic rings. The fourth-order valence-electron chi connectivity index (χ4n) is 6.57. The Morgan fingerprint density at radius 2 is 1.62 bits per heavy atom. The third kappa shape index (κ3) is 3.85. The zero-order chi connectivity index (χ0) is 23.1. The van der Waals surface area contributed by atoms with E-state index in [1.54, 1.807) is 5.19 Å². The molecule has 2 heteroatoms. The van der Waals surface area contributed by atoms with Gasteiger partial charge in [0, 0.05) is 11.6 Å². The quantitative estimate of drug-likeness (QED) is 0.279. The van der Waals surface area contributed by atoms with Crippen LogP contribution in [0.1, 0.15) is 77.3 Å². The summed E-state index contributed by atoms with van der Waals surface area (Å²) in [5, 5.41) is 4.76. The van der Waals surface area contributed by atoms with Crippen molar-refractivity contribution in [1.82, 2.24) is 0 Å². The first-order valence-corrected chi connectivity index (χ1v) is 15.2. The van der Waals surface area contributed by atoms with Crippen LogP contribution in [0.15, 0.2) is 48.7 Å². The fourth-order valence-corrected chi connectivity index (χ4v) is 11.7. The highest BCUT2D eigenvalue weighted by atomic mass is 28.3. The van der Waals surface area contributed by atoms with Crippen molar-refractivity contribution in [3.05, 3.63) is 59.8 Å². The molecule has 32 heavy (non-hydrogen) atoms. The largest absolute Gasteiger partial charge is 0.220 e. The third-order valence-corrected chi connectivity index (χ3v) is 15.4. The number of aryl methyl sites for hydroxylation is 2. The summed E-state index contributed by atoms with van der Waals surface area (Å²) in [5.41, 5.74) is 5.68. The van der Waals surface area contributed by atoms with E-state index in [1.165, 1.54) is 70.9 Å². The lowest BCUT2D eigenvalue weighted by Crippen LogP contribution is -2.53. The molecule has 0 radical (unpaired) electrons. The molecule has 0 N–H and O–H groups in total. The molecule has 0 saturated heterocycles. The first kappa shape index (κ1) is 23.2. The van der Waals surface area contributed by atoms with Crippen molar-refractivity contribution in [3.63, 3.8) is 0 Å². The van der Waals surface area contributed by atoms with Gasteiger partial charge in [0.2, 0.25) is 5.69 Å². The normalized spacial score (nSPS) is 15.6. The van der Waals surface area contributed by atoms with Crippen molar-refractivity contribution in [2.75, 3.05) is 0 Å². The maximum atomic E-state index is 2.54. The highest BCUT2D eigenvalue weighted by molar-refractivity contribution is 6.94. The number of hydrogen-bond donors (Lipinski definition) is 0. The number of pyridine rings is 1. The lowest BCUT2D eigenvalue weighted by molar-refractivity contribution is -0.659. The molecular weight excluding hydrogens is 402 g/mol. The van der Waals surface area contributed by atoms with Gasteiger partial charge in [0.25, 0.3) is 0 Å². The van der Waals surface area contributed by atoms with Crippen LogP contribution in [0.4, 0.5) is 0 Å². The highest BCUT2D eigenvalue weighted by Gasteiger charge is 2.42. The fraction of sp³-hybridized carbons (Fsp3) is 0.500. The topological polar surface area (TPSA) is 3.88 Å². The zero-order valence-electron chi connectivity index (χ0n) is 21.4. The van der Waals surface area contributed by atoms with Crippen LogP contribution in [-0.4, -0.2) is 8.07 Å². The Bertz CT molecular complexity index is 1110. The summed E-state index contributed by atoms with van der Waals surface area (Å²) in [7, 11) is 0.612. The first-order valence-electron chi connectivity index (χ1n) is 12.8. The van der Waals surface area contributed by atoms with Crippen LogP contribution in [0.25, 0.3) is 22.0 Å². The standard InChI is InChI=1S/C30H42NSi/c1-8-32(9-2,30(4,5)6)26-16-17-27-25(20-26)18-19-31(7)29(27)28-21-24(15-14-22(28)3)23-12-10-11-13-23/h14-21,23H,8-13H2,1-7H3/q+1. The van der Waals surface area contributed by atoms with Crippen LogP contribution < -0.4 is 9.75 Å². The van der Waals surface area contributed by atoms with E-state index in [9.17, 15) is 0 Å². The minimum atomic E-state index is -1.59. The molecule has 4 rings (SSSR count).